The highest BCUT2D eigenvalue weighted by Crippen LogP contribution is 2.36. The molecule has 2 aromatic heterocycles. The van der Waals surface area contributed by atoms with Crippen LogP contribution in [0.4, 0.5) is 16.6 Å². The highest BCUT2D eigenvalue weighted by atomic mass is 32.1. The Labute approximate surface area is 125 Å². The van der Waals surface area contributed by atoms with Crippen molar-refractivity contribution in [1.82, 2.24) is 9.97 Å². The van der Waals surface area contributed by atoms with Crippen LogP contribution in [0.3, 0.4) is 0 Å². The van der Waals surface area contributed by atoms with Crippen LogP contribution in [-0.4, -0.2) is 16.3 Å². The van der Waals surface area contributed by atoms with Crippen molar-refractivity contribution in [2.45, 2.75) is 0 Å². The lowest BCUT2D eigenvalue weighted by molar-refractivity contribution is 0.112. The molecule has 0 amide bonds. The van der Waals surface area contributed by atoms with E-state index in [1.54, 1.807) is 24.5 Å². The van der Waals surface area contributed by atoms with Crippen molar-refractivity contribution in [2.75, 3.05) is 11.1 Å². The van der Waals surface area contributed by atoms with Gasteiger partial charge in [0.05, 0.1) is 16.8 Å². The van der Waals surface area contributed by atoms with Crippen molar-refractivity contribution in [3.8, 4) is 10.4 Å². The lowest BCUT2D eigenvalue weighted by Gasteiger charge is -2.00. The molecule has 104 valence electrons. The van der Waals surface area contributed by atoms with E-state index >= 15 is 0 Å². The Kier molecular flexibility index (Phi) is 3.61. The molecule has 2 heterocycles. The van der Waals surface area contributed by atoms with E-state index in [2.05, 4.69) is 15.3 Å². The van der Waals surface area contributed by atoms with Crippen molar-refractivity contribution in [2.24, 2.45) is 0 Å². The van der Waals surface area contributed by atoms with Gasteiger partial charge in [0.2, 0.25) is 0 Å². The van der Waals surface area contributed by atoms with Crippen molar-refractivity contribution in [3.05, 3.63) is 54.4 Å². The molecule has 0 radical (unpaired) electrons. The number of hydrogen-bond donors (Lipinski definition) is 2. The van der Waals surface area contributed by atoms with Crippen LogP contribution < -0.4 is 11.1 Å². The average Bonchev–Trinajstić information content (AvgIpc) is 2.89. The highest BCUT2D eigenvalue weighted by Gasteiger charge is 2.11. The quantitative estimate of drug-likeness (QED) is 0.722. The second-order valence-corrected chi connectivity index (χ2v) is 5.34. The van der Waals surface area contributed by atoms with Crippen LogP contribution in [-0.2, 0) is 0 Å². The number of nitrogens with zero attached hydrogens (tertiary/aromatic N) is 2. The van der Waals surface area contributed by atoms with Gasteiger partial charge in [0, 0.05) is 11.8 Å². The van der Waals surface area contributed by atoms with E-state index in [1.807, 2.05) is 24.3 Å². The van der Waals surface area contributed by atoms with E-state index < -0.39 is 0 Å². The summed E-state index contributed by atoms with van der Waals surface area (Å²) in [6, 6.07) is 11.0. The minimum atomic E-state index is 0.439. The Morgan fingerprint density at radius 2 is 2.14 bits per heavy atom. The monoisotopic (exact) mass is 296 g/mol. The highest BCUT2D eigenvalue weighted by molar-refractivity contribution is 7.19. The zero-order valence-electron chi connectivity index (χ0n) is 11.0. The predicted molar refractivity (Wildman–Crippen MR) is 84.9 cm³/mol. The zero-order valence-corrected chi connectivity index (χ0v) is 11.8. The molecule has 0 saturated carbocycles. The van der Waals surface area contributed by atoms with Crippen LogP contribution in [0.25, 0.3) is 10.4 Å². The fourth-order valence-electron chi connectivity index (χ4n) is 1.91. The molecule has 3 aromatic rings. The molecular formula is C15H12N4OS. The number of aromatic nitrogens is 2. The maximum atomic E-state index is 10.9. The Morgan fingerprint density at radius 3 is 2.90 bits per heavy atom. The smallest absolute Gasteiger partial charge is 0.189 e. The van der Waals surface area contributed by atoms with Crippen LogP contribution in [0, 0.1) is 0 Å². The van der Waals surface area contributed by atoms with E-state index in [-0.39, 0.29) is 0 Å². The first-order valence-electron chi connectivity index (χ1n) is 6.25. The van der Waals surface area contributed by atoms with E-state index in [1.165, 1.54) is 11.3 Å². The first kappa shape index (κ1) is 13.3. The van der Waals surface area contributed by atoms with Gasteiger partial charge in [0.1, 0.15) is 12.1 Å². The number of rotatable bonds is 4. The normalized spacial score (nSPS) is 10.3. The lowest BCUT2D eigenvalue weighted by Crippen LogP contribution is -1.91. The van der Waals surface area contributed by atoms with Gasteiger partial charge < -0.3 is 11.1 Å². The first-order valence-corrected chi connectivity index (χ1v) is 7.07. The minimum Gasteiger partial charge on any atom is -0.382 e. The molecule has 0 aliphatic carbocycles. The Hall–Kier alpha value is -2.73. The molecule has 3 rings (SSSR count). The molecular weight excluding hydrogens is 284 g/mol. The van der Waals surface area contributed by atoms with Crippen molar-refractivity contribution in [1.29, 1.82) is 0 Å². The molecule has 0 aliphatic heterocycles. The third-order valence-electron chi connectivity index (χ3n) is 2.85. The van der Waals surface area contributed by atoms with Crippen molar-refractivity contribution < 1.29 is 4.79 Å². The van der Waals surface area contributed by atoms with E-state index in [0.29, 0.717) is 16.5 Å². The second kappa shape index (κ2) is 5.72. The fourth-order valence-corrected chi connectivity index (χ4v) is 2.81. The van der Waals surface area contributed by atoms with Gasteiger partial charge in [-0.15, -0.1) is 0 Å². The van der Waals surface area contributed by atoms with E-state index in [4.69, 9.17) is 5.73 Å². The number of pyridine rings is 1. The summed E-state index contributed by atoms with van der Waals surface area (Å²) in [6.45, 7) is 0. The number of thiazole rings is 1. The number of nitrogens with one attached hydrogen (secondary N) is 1. The van der Waals surface area contributed by atoms with Crippen molar-refractivity contribution in [3.63, 3.8) is 0 Å². The third-order valence-corrected chi connectivity index (χ3v) is 3.89. The molecule has 3 N–H and O–H groups in total. The van der Waals surface area contributed by atoms with Gasteiger partial charge in [0.15, 0.2) is 5.13 Å². The van der Waals surface area contributed by atoms with Gasteiger partial charge >= 0.3 is 0 Å². The van der Waals surface area contributed by atoms with Gasteiger partial charge in [-0.05, 0) is 23.8 Å². The lowest BCUT2D eigenvalue weighted by atomic mass is 10.1. The minimum absolute atomic E-state index is 0.439. The molecule has 21 heavy (non-hydrogen) atoms. The molecule has 5 nitrogen and oxygen atoms in total. The largest absolute Gasteiger partial charge is 0.382 e. The summed E-state index contributed by atoms with van der Waals surface area (Å²) in [5, 5.41) is 3.85. The number of nitrogen functional groups attached to an aromatic ring is 1. The van der Waals surface area contributed by atoms with Crippen LogP contribution in [0.2, 0.25) is 0 Å². The summed E-state index contributed by atoms with van der Waals surface area (Å²) in [6.07, 6.45) is 4.23. The standard InChI is InChI=1S/C15H12N4OS/c16-14-13(11-4-1-3-10(7-11)9-20)21-15(19-14)18-12-5-2-6-17-8-12/h1-9H,16H2,(H,18,19). The van der Waals surface area contributed by atoms with Gasteiger partial charge in [-0.25, -0.2) is 4.98 Å². The second-order valence-electron chi connectivity index (χ2n) is 4.34. The summed E-state index contributed by atoms with van der Waals surface area (Å²) in [5.74, 6) is 0.439. The predicted octanol–water partition coefficient (Wildman–Crippen LogP) is 3.34. The molecule has 0 fully saturated rings. The van der Waals surface area contributed by atoms with Gasteiger partial charge in [-0.3, -0.25) is 9.78 Å². The number of carbonyl (C=O) groups excluding carboxylic acids is 1. The number of benzene rings is 1. The SMILES string of the molecule is Nc1nc(Nc2cccnc2)sc1-c1cccc(C=O)c1. The number of hydrogen-bond acceptors (Lipinski definition) is 6. The molecule has 6 heteroatoms. The average molecular weight is 296 g/mol. The molecule has 1 aromatic carbocycles. The zero-order chi connectivity index (χ0) is 14.7. The topological polar surface area (TPSA) is 80.9 Å². The number of aldehydes is 1. The molecule has 0 saturated heterocycles. The summed E-state index contributed by atoms with van der Waals surface area (Å²) < 4.78 is 0. The number of carbonyl (C=O) groups is 1. The number of nitrogens with two attached hydrogens (primary N) is 1. The molecule has 0 aliphatic rings. The van der Waals surface area contributed by atoms with Crippen LogP contribution in [0.5, 0.6) is 0 Å². The van der Waals surface area contributed by atoms with Gasteiger partial charge in [-0.2, -0.15) is 0 Å². The van der Waals surface area contributed by atoms with E-state index in [9.17, 15) is 4.79 Å². The summed E-state index contributed by atoms with van der Waals surface area (Å²) >= 11 is 1.44. The first-order chi connectivity index (χ1) is 10.3. The Bertz CT molecular complexity index is 770. The number of anilines is 3. The van der Waals surface area contributed by atoms with Crippen LogP contribution in [0.1, 0.15) is 10.4 Å². The van der Waals surface area contributed by atoms with Crippen LogP contribution >= 0.6 is 11.3 Å². The van der Waals surface area contributed by atoms with Crippen molar-refractivity contribution >= 4 is 34.3 Å². The maximum Gasteiger partial charge on any atom is 0.189 e. The summed E-state index contributed by atoms with van der Waals surface area (Å²) in [7, 11) is 0. The van der Waals surface area contributed by atoms with Crippen LogP contribution in [0.15, 0.2) is 48.8 Å². The van der Waals surface area contributed by atoms with Gasteiger partial charge in [0.25, 0.3) is 0 Å². The Balaban J connectivity index is 1.92. The fraction of sp³-hybridized carbons (Fsp3) is 0. The summed E-state index contributed by atoms with van der Waals surface area (Å²) in [4.78, 5) is 20.0. The Morgan fingerprint density at radius 1 is 1.24 bits per heavy atom. The van der Waals surface area contributed by atoms with Gasteiger partial charge in [-0.1, -0.05) is 29.5 Å². The third kappa shape index (κ3) is 2.90. The molecule has 0 spiro atoms. The summed E-state index contributed by atoms with van der Waals surface area (Å²) in [5.41, 5.74) is 8.32. The maximum absolute atomic E-state index is 10.9. The molecule has 0 unspecified atom stereocenters. The van der Waals surface area contributed by atoms with E-state index in [0.717, 1.165) is 22.4 Å². The molecule has 0 atom stereocenters. The molecule has 0 bridgehead atoms.